The summed E-state index contributed by atoms with van der Waals surface area (Å²) in [6, 6.07) is 11.6. The summed E-state index contributed by atoms with van der Waals surface area (Å²) in [7, 11) is 1.63. The number of halogens is 1. The van der Waals surface area contributed by atoms with E-state index >= 15 is 0 Å². The molecule has 148 valence electrons. The number of anilines is 1. The van der Waals surface area contributed by atoms with Crippen molar-refractivity contribution in [2.75, 3.05) is 45.3 Å². The molecular weight excluding hydrogens is 459 g/mol. The zero-order chi connectivity index (χ0) is 18.4. The Balaban J connectivity index is 0.00000261. The van der Waals surface area contributed by atoms with Crippen LogP contribution in [-0.4, -0.2) is 50.8 Å². The van der Waals surface area contributed by atoms with Gasteiger partial charge in [-0.05, 0) is 31.2 Å². The Morgan fingerprint density at radius 3 is 2.74 bits per heavy atom. The van der Waals surface area contributed by atoms with Crippen LogP contribution in [0.1, 0.15) is 17.6 Å². The van der Waals surface area contributed by atoms with E-state index in [9.17, 15) is 0 Å². The number of aliphatic imine (C=N–C) groups is 1. The number of benzene rings is 1. The molecule has 7 nitrogen and oxygen atoms in total. The lowest BCUT2D eigenvalue weighted by atomic mass is 10.1. The number of rotatable bonds is 6. The summed E-state index contributed by atoms with van der Waals surface area (Å²) < 4.78 is 16.5. The van der Waals surface area contributed by atoms with Crippen LogP contribution in [0.4, 0.5) is 5.69 Å². The molecule has 1 saturated heterocycles. The van der Waals surface area contributed by atoms with E-state index in [1.54, 1.807) is 7.11 Å². The first-order chi connectivity index (χ1) is 12.7. The summed E-state index contributed by atoms with van der Waals surface area (Å²) >= 11 is 0. The van der Waals surface area contributed by atoms with Crippen LogP contribution in [0.15, 0.2) is 45.8 Å². The van der Waals surface area contributed by atoms with Crippen LogP contribution in [-0.2, 0) is 4.74 Å². The molecule has 1 aliphatic rings. The topological polar surface area (TPSA) is 85.2 Å². The highest BCUT2D eigenvalue weighted by Crippen LogP contribution is 2.24. The summed E-state index contributed by atoms with van der Waals surface area (Å²) in [4.78, 5) is 6.86. The summed E-state index contributed by atoms with van der Waals surface area (Å²) in [6.45, 7) is 5.60. The van der Waals surface area contributed by atoms with Crippen LogP contribution >= 0.6 is 24.0 Å². The average Bonchev–Trinajstić information content (AvgIpc) is 3.09. The van der Waals surface area contributed by atoms with Crippen molar-refractivity contribution < 1.29 is 13.9 Å². The molecule has 27 heavy (non-hydrogen) atoms. The van der Waals surface area contributed by atoms with Crippen molar-refractivity contribution in [3.8, 4) is 5.75 Å². The highest BCUT2D eigenvalue weighted by Gasteiger charge is 2.25. The number of ether oxygens (including phenoxy) is 2. The van der Waals surface area contributed by atoms with Gasteiger partial charge in [-0.2, -0.15) is 0 Å². The lowest BCUT2D eigenvalue weighted by Gasteiger charge is -2.32. The van der Waals surface area contributed by atoms with E-state index in [1.807, 2.05) is 43.3 Å². The second-order valence-electron chi connectivity index (χ2n) is 6.20. The highest BCUT2D eigenvalue weighted by molar-refractivity contribution is 14.0. The third kappa shape index (κ3) is 6.12. The van der Waals surface area contributed by atoms with Crippen LogP contribution in [0.2, 0.25) is 0 Å². The number of guanidine groups is 1. The molecule has 1 atom stereocenters. The third-order valence-electron chi connectivity index (χ3n) is 4.35. The van der Waals surface area contributed by atoms with Gasteiger partial charge in [-0.1, -0.05) is 6.07 Å². The van der Waals surface area contributed by atoms with Crippen molar-refractivity contribution in [3.05, 3.63) is 47.9 Å². The smallest absolute Gasteiger partial charge is 0.193 e. The first-order valence-electron chi connectivity index (χ1n) is 8.75. The fourth-order valence-corrected chi connectivity index (χ4v) is 2.98. The number of nitrogens with zero attached hydrogens (tertiary/aromatic N) is 2. The first kappa shape index (κ1) is 21.5. The normalized spacial score (nSPS) is 16.4. The fraction of sp³-hybridized carbons (Fsp3) is 0.421. The number of furan rings is 1. The number of methoxy groups -OCH3 is 1. The van der Waals surface area contributed by atoms with Gasteiger partial charge in [0.2, 0.25) is 0 Å². The lowest BCUT2D eigenvalue weighted by molar-refractivity contribution is 0.0135. The van der Waals surface area contributed by atoms with E-state index < -0.39 is 0 Å². The molecule has 1 aromatic heterocycles. The minimum Gasteiger partial charge on any atom is -0.497 e. The van der Waals surface area contributed by atoms with Gasteiger partial charge >= 0.3 is 0 Å². The zero-order valence-corrected chi connectivity index (χ0v) is 18.0. The van der Waals surface area contributed by atoms with Crippen molar-refractivity contribution in [1.29, 1.82) is 0 Å². The summed E-state index contributed by atoms with van der Waals surface area (Å²) in [5.74, 6) is 2.92. The number of aryl methyl sites for hydroxylation is 1. The molecule has 8 heteroatoms. The summed E-state index contributed by atoms with van der Waals surface area (Å²) in [5, 5.41) is 3.11. The van der Waals surface area contributed by atoms with Gasteiger partial charge in [0.1, 0.15) is 17.3 Å². The van der Waals surface area contributed by atoms with Gasteiger partial charge in [-0.25, -0.2) is 0 Å². The quantitative estimate of drug-likeness (QED) is 0.371. The lowest BCUT2D eigenvalue weighted by Crippen LogP contribution is -2.40. The van der Waals surface area contributed by atoms with Gasteiger partial charge in [0.15, 0.2) is 5.96 Å². The van der Waals surface area contributed by atoms with Crippen molar-refractivity contribution >= 4 is 35.6 Å². The van der Waals surface area contributed by atoms with E-state index in [-0.39, 0.29) is 30.0 Å². The molecule has 0 saturated carbocycles. The van der Waals surface area contributed by atoms with Crippen LogP contribution in [0.3, 0.4) is 0 Å². The van der Waals surface area contributed by atoms with E-state index in [1.165, 1.54) is 0 Å². The maximum Gasteiger partial charge on any atom is 0.193 e. The van der Waals surface area contributed by atoms with Crippen molar-refractivity contribution in [2.24, 2.45) is 10.7 Å². The monoisotopic (exact) mass is 486 g/mol. The fourth-order valence-electron chi connectivity index (χ4n) is 2.98. The molecule has 0 radical (unpaired) electrons. The predicted molar refractivity (Wildman–Crippen MR) is 117 cm³/mol. The van der Waals surface area contributed by atoms with Crippen LogP contribution < -0.4 is 15.8 Å². The van der Waals surface area contributed by atoms with Gasteiger partial charge < -0.3 is 24.9 Å². The number of morpholine rings is 1. The van der Waals surface area contributed by atoms with E-state index in [4.69, 9.17) is 19.6 Å². The zero-order valence-electron chi connectivity index (χ0n) is 15.7. The van der Waals surface area contributed by atoms with Gasteiger partial charge in [-0.15, -0.1) is 24.0 Å². The molecule has 1 aliphatic heterocycles. The molecule has 0 amide bonds. The minimum atomic E-state index is 0. The standard InChI is InChI=1S/C19H26N4O3.HI/c1-14-6-7-18(26-14)17(23-8-10-25-11-9-23)13-21-19(20)22-15-4-3-5-16(12-15)24-2;/h3-7,12,17H,8-11,13H2,1-2H3,(H3,20,21,22);1H. The molecule has 1 unspecified atom stereocenters. The van der Waals surface area contributed by atoms with E-state index in [0.717, 1.165) is 49.3 Å². The van der Waals surface area contributed by atoms with E-state index in [2.05, 4.69) is 15.2 Å². The highest BCUT2D eigenvalue weighted by atomic mass is 127. The maximum atomic E-state index is 6.08. The summed E-state index contributed by atoms with van der Waals surface area (Å²) in [6.07, 6.45) is 0. The van der Waals surface area contributed by atoms with Crippen molar-refractivity contribution in [1.82, 2.24) is 4.90 Å². The Morgan fingerprint density at radius 1 is 1.30 bits per heavy atom. The number of hydrogen-bond acceptors (Lipinski definition) is 5. The van der Waals surface area contributed by atoms with Crippen LogP contribution in [0, 0.1) is 6.92 Å². The Labute approximate surface area is 176 Å². The summed E-state index contributed by atoms with van der Waals surface area (Å²) in [5.41, 5.74) is 6.92. The van der Waals surface area contributed by atoms with Gasteiger partial charge in [0.05, 0.1) is 32.9 Å². The number of hydrogen-bond donors (Lipinski definition) is 2. The van der Waals surface area contributed by atoms with Crippen LogP contribution in [0.5, 0.6) is 5.75 Å². The number of nitrogens with two attached hydrogens (primary N) is 1. The average molecular weight is 486 g/mol. The minimum absolute atomic E-state index is 0. The second-order valence-corrected chi connectivity index (χ2v) is 6.20. The predicted octanol–water partition coefficient (Wildman–Crippen LogP) is 3.01. The third-order valence-corrected chi connectivity index (χ3v) is 4.35. The molecule has 3 N–H and O–H groups in total. The molecule has 0 aliphatic carbocycles. The second kappa shape index (κ2) is 10.5. The van der Waals surface area contributed by atoms with Crippen molar-refractivity contribution in [3.63, 3.8) is 0 Å². The van der Waals surface area contributed by atoms with Gasteiger partial charge in [0, 0.05) is 24.8 Å². The first-order valence-corrected chi connectivity index (χ1v) is 8.75. The molecule has 1 fully saturated rings. The van der Waals surface area contributed by atoms with Gasteiger partial charge in [-0.3, -0.25) is 9.89 Å². The molecule has 3 rings (SSSR count). The van der Waals surface area contributed by atoms with E-state index in [0.29, 0.717) is 12.5 Å². The van der Waals surface area contributed by atoms with Crippen molar-refractivity contribution in [2.45, 2.75) is 13.0 Å². The SMILES string of the molecule is COc1cccc(NC(N)=NCC(c2ccc(C)o2)N2CCOCC2)c1.I. The molecular formula is C19H27IN4O3. The Hall–Kier alpha value is -1.78. The van der Waals surface area contributed by atoms with Gasteiger partial charge in [0.25, 0.3) is 0 Å². The molecule has 0 bridgehead atoms. The molecule has 2 heterocycles. The Kier molecular flexibility index (Phi) is 8.39. The Morgan fingerprint density at radius 2 is 2.07 bits per heavy atom. The van der Waals surface area contributed by atoms with Crippen LogP contribution in [0.25, 0.3) is 0 Å². The molecule has 1 aromatic carbocycles. The molecule has 0 spiro atoms. The number of nitrogens with one attached hydrogen (secondary N) is 1. The maximum absolute atomic E-state index is 6.08. The Bertz CT molecular complexity index is 744. The molecule has 2 aromatic rings. The largest absolute Gasteiger partial charge is 0.497 e.